The molecule has 0 saturated carbocycles. The fourth-order valence-electron chi connectivity index (χ4n) is 3.90. The average molecular weight is 448 g/mol. The Balaban J connectivity index is 1.31. The highest BCUT2D eigenvalue weighted by molar-refractivity contribution is 6.34. The molecule has 0 atom stereocenters. The molecule has 0 unspecified atom stereocenters. The van der Waals surface area contributed by atoms with Crippen LogP contribution in [-0.2, 0) is 11.2 Å². The molecule has 0 aliphatic carbocycles. The van der Waals surface area contributed by atoms with Crippen molar-refractivity contribution in [2.24, 2.45) is 4.99 Å². The minimum Gasteiger partial charge on any atom is -0.378 e. The largest absolute Gasteiger partial charge is 0.378 e. The van der Waals surface area contributed by atoms with Gasteiger partial charge >= 0.3 is 0 Å². The molecule has 1 aromatic carbocycles. The lowest BCUT2D eigenvalue weighted by atomic mass is 10.0. The Labute approximate surface area is 191 Å². The number of aliphatic imine (C=N–C) groups is 1. The fourth-order valence-corrected chi connectivity index (χ4v) is 4.13. The van der Waals surface area contributed by atoms with E-state index in [1.54, 1.807) is 30.6 Å². The Morgan fingerprint density at radius 2 is 1.94 bits per heavy atom. The van der Waals surface area contributed by atoms with E-state index in [1.165, 1.54) is 0 Å². The molecule has 0 spiro atoms. The summed E-state index contributed by atoms with van der Waals surface area (Å²) in [6.07, 6.45) is 4.19. The standard InChI is InChI=1S/C24H22ClN5O2/c1-15-10-16-11-22(29-23(16)27-13-15)19-12-17(2-4-20(19)25)28-24(31)21-5-3-18(14-26-21)30-6-8-32-9-7-30/h2-5,10,12-14H,6-9,11H2,1H3,(H,28,31). The number of anilines is 2. The number of morpholine rings is 1. The number of nitrogens with zero attached hydrogens (tertiary/aromatic N) is 4. The molecule has 0 bridgehead atoms. The lowest BCUT2D eigenvalue weighted by molar-refractivity contribution is 0.102. The SMILES string of the molecule is Cc1cnc2c(c1)CC(c1cc(NC(=O)c3ccc(N4CCOCC4)cn3)ccc1Cl)=N2. The number of hydrogen-bond acceptors (Lipinski definition) is 6. The number of halogens is 1. The third-order valence-electron chi connectivity index (χ3n) is 5.57. The van der Waals surface area contributed by atoms with Crippen LogP contribution < -0.4 is 10.2 Å². The zero-order valence-corrected chi connectivity index (χ0v) is 18.4. The topological polar surface area (TPSA) is 79.7 Å². The second-order valence-corrected chi connectivity index (χ2v) is 8.29. The summed E-state index contributed by atoms with van der Waals surface area (Å²) >= 11 is 6.46. The van der Waals surface area contributed by atoms with E-state index in [0.717, 1.165) is 47.0 Å². The molecule has 8 heteroatoms. The fraction of sp³-hybridized carbons (Fsp3) is 0.250. The summed E-state index contributed by atoms with van der Waals surface area (Å²) in [5.41, 5.74) is 5.78. The number of amides is 1. The van der Waals surface area contributed by atoms with Crippen molar-refractivity contribution < 1.29 is 9.53 Å². The maximum absolute atomic E-state index is 12.8. The molecule has 0 radical (unpaired) electrons. The van der Waals surface area contributed by atoms with Crippen molar-refractivity contribution in [2.45, 2.75) is 13.3 Å². The van der Waals surface area contributed by atoms with Gasteiger partial charge in [-0.15, -0.1) is 0 Å². The molecule has 2 aromatic heterocycles. The third kappa shape index (κ3) is 4.22. The van der Waals surface area contributed by atoms with Gasteiger partial charge in [-0.05, 0) is 42.8 Å². The number of fused-ring (bicyclic) bond motifs is 1. The summed E-state index contributed by atoms with van der Waals surface area (Å²) in [7, 11) is 0. The monoisotopic (exact) mass is 447 g/mol. The minimum absolute atomic E-state index is 0.277. The Bertz CT molecular complexity index is 1200. The maximum atomic E-state index is 12.8. The van der Waals surface area contributed by atoms with Crippen LogP contribution in [-0.4, -0.2) is 47.9 Å². The second-order valence-electron chi connectivity index (χ2n) is 7.88. The van der Waals surface area contributed by atoms with Crippen LogP contribution in [0.2, 0.25) is 5.02 Å². The normalized spacial score (nSPS) is 15.3. The van der Waals surface area contributed by atoms with Crippen molar-refractivity contribution in [2.75, 3.05) is 36.5 Å². The van der Waals surface area contributed by atoms with Crippen LogP contribution in [0.15, 0.2) is 53.8 Å². The molecule has 2 aliphatic heterocycles. The van der Waals surface area contributed by atoms with Crippen LogP contribution in [0.4, 0.5) is 17.2 Å². The van der Waals surface area contributed by atoms with Crippen LogP contribution in [0.1, 0.15) is 27.2 Å². The number of nitrogens with one attached hydrogen (secondary N) is 1. The number of ether oxygens (including phenoxy) is 1. The van der Waals surface area contributed by atoms with Gasteiger partial charge < -0.3 is 15.0 Å². The van der Waals surface area contributed by atoms with E-state index in [-0.39, 0.29) is 5.91 Å². The van der Waals surface area contributed by atoms with Gasteiger partial charge in [0.2, 0.25) is 0 Å². The van der Waals surface area contributed by atoms with E-state index in [0.29, 0.717) is 36.0 Å². The third-order valence-corrected chi connectivity index (χ3v) is 5.90. The van der Waals surface area contributed by atoms with E-state index < -0.39 is 0 Å². The van der Waals surface area contributed by atoms with E-state index in [9.17, 15) is 4.79 Å². The number of benzene rings is 1. The summed E-state index contributed by atoms with van der Waals surface area (Å²) in [6.45, 7) is 5.06. The number of carbonyl (C=O) groups excluding carboxylic acids is 1. The highest BCUT2D eigenvalue weighted by atomic mass is 35.5. The first-order chi connectivity index (χ1) is 15.6. The van der Waals surface area contributed by atoms with Gasteiger partial charge in [0, 0.05) is 47.5 Å². The Morgan fingerprint density at radius 3 is 2.72 bits per heavy atom. The van der Waals surface area contributed by atoms with Gasteiger partial charge in [-0.25, -0.2) is 15.0 Å². The van der Waals surface area contributed by atoms with Crippen molar-refractivity contribution in [3.63, 3.8) is 0 Å². The van der Waals surface area contributed by atoms with Gasteiger partial charge in [-0.3, -0.25) is 4.79 Å². The summed E-state index contributed by atoms with van der Waals surface area (Å²) in [6, 6.07) is 11.1. The number of carbonyl (C=O) groups is 1. The predicted octanol–water partition coefficient (Wildman–Crippen LogP) is 4.20. The van der Waals surface area contributed by atoms with Crippen molar-refractivity contribution in [3.05, 3.63) is 76.2 Å². The van der Waals surface area contributed by atoms with Crippen LogP contribution in [0.5, 0.6) is 0 Å². The van der Waals surface area contributed by atoms with Gasteiger partial charge in [-0.2, -0.15) is 0 Å². The zero-order chi connectivity index (χ0) is 22.1. The van der Waals surface area contributed by atoms with E-state index in [2.05, 4.69) is 31.2 Å². The van der Waals surface area contributed by atoms with Crippen molar-refractivity contribution in [1.29, 1.82) is 0 Å². The van der Waals surface area contributed by atoms with Crippen LogP contribution >= 0.6 is 11.6 Å². The molecule has 4 heterocycles. The quantitative estimate of drug-likeness (QED) is 0.648. The van der Waals surface area contributed by atoms with Gasteiger partial charge in [0.15, 0.2) is 5.82 Å². The minimum atomic E-state index is -0.277. The highest BCUT2D eigenvalue weighted by Crippen LogP contribution is 2.31. The summed E-state index contributed by atoms with van der Waals surface area (Å²) in [5, 5.41) is 3.50. The van der Waals surface area contributed by atoms with Crippen LogP contribution in [0, 0.1) is 6.92 Å². The Morgan fingerprint density at radius 1 is 1.09 bits per heavy atom. The van der Waals surface area contributed by atoms with E-state index in [4.69, 9.17) is 16.3 Å². The average Bonchev–Trinajstić information content (AvgIpc) is 3.24. The van der Waals surface area contributed by atoms with E-state index >= 15 is 0 Å². The molecule has 1 N–H and O–H groups in total. The highest BCUT2D eigenvalue weighted by Gasteiger charge is 2.20. The molecule has 5 rings (SSSR count). The summed E-state index contributed by atoms with van der Waals surface area (Å²) in [5.74, 6) is 0.446. The Hall–Kier alpha value is -3.29. The van der Waals surface area contributed by atoms with Crippen LogP contribution in [0.3, 0.4) is 0 Å². The first kappa shape index (κ1) is 20.6. The van der Waals surface area contributed by atoms with Gasteiger partial charge in [-0.1, -0.05) is 17.7 Å². The molecular formula is C24H22ClN5O2. The zero-order valence-electron chi connectivity index (χ0n) is 17.6. The number of pyridine rings is 2. The molecule has 162 valence electrons. The molecule has 1 fully saturated rings. The smallest absolute Gasteiger partial charge is 0.274 e. The molecule has 1 amide bonds. The number of aryl methyl sites for hydroxylation is 1. The predicted molar refractivity (Wildman–Crippen MR) is 126 cm³/mol. The van der Waals surface area contributed by atoms with Crippen molar-refractivity contribution in [3.8, 4) is 0 Å². The summed E-state index contributed by atoms with van der Waals surface area (Å²) in [4.78, 5) is 28.3. The lowest BCUT2D eigenvalue weighted by Gasteiger charge is -2.28. The first-order valence-corrected chi connectivity index (χ1v) is 10.9. The number of aromatic nitrogens is 2. The second kappa shape index (κ2) is 8.68. The molecule has 32 heavy (non-hydrogen) atoms. The van der Waals surface area contributed by atoms with Crippen molar-refractivity contribution >= 4 is 40.4 Å². The number of rotatable bonds is 4. The Kier molecular flexibility index (Phi) is 5.59. The molecule has 7 nitrogen and oxygen atoms in total. The van der Waals surface area contributed by atoms with Crippen molar-refractivity contribution in [1.82, 2.24) is 9.97 Å². The molecule has 1 saturated heterocycles. The first-order valence-electron chi connectivity index (χ1n) is 10.5. The van der Waals surface area contributed by atoms with Gasteiger partial charge in [0.25, 0.3) is 5.91 Å². The summed E-state index contributed by atoms with van der Waals surface area (Å²) < 4.78 is 5.38. The van der Waals surface area contributed by atoms with Crippen LogP contribution in [0.25, 0.3) is 0 Å². The number of hydrogen-bond donors (Lipinski definition) is 1. The molecule has 2 aliphatic rings. The van der Waals surface area contributed by atoms with E-state index in [1.807, 2.05) is 19.1 Å². The molecular weight excluding hydrogens is 426 g/mol. The van der Waals surface area contributed by atoms with Gasteiger partial charge in [0.05, 0.1) is 30.8 Å². The lowest BCUT2D eigenvalue weighted by Crippen LogP contribution is -2.36. The maximum Gasteiger partial charge on any atom is 0.274 e. The van der Waals surface area contributed by atoms with Gasteiger partial charge in [0.1, 0.15) is 5.69 Å². The molecule has 3 aromatic rings.